The highest BCUT2D eigenvalue weighted by molar-refractivity contribution is 5.71. The average molecular weight is 1020 g/mol. The maximum atomic E-state index is 12.9. The monoisotopic (exact) mass is 1020 g/mol. The number of likely N-dealkylation sites (N-methyl/N-ethyl adjacent to an activating group) is 1. The van der Waals surface area contributed by atoms with Gasteiger partial charge in [0.1, 0.15) is 13.2 Å². The van der Waals surface area contributed by atoms with E-state index in [0.717, 1.165) is 83.5 Å². The standard InChI is InChI=1S/C64H109NO8/c1-6-8-10-12-14-16-18-20-21-22-23-24-25-26-27-28-29-30-31-32-33-34-35-36-37-38-39-40-41-43-45-47-49-51-53-55-62(67)73-60(59-72-64(63(68)69)70-57-56-65(3,4)5)58-71-61(66)54-52-50-48-46-44-42-19-17-15-13-11-9-7-2/h8-11,14-17,20-21,23-24,26-27,42,44,60,64H,6-7,12-13,18-19,22,25,28-41,43,45-59H2,1-5H3/p+1/b10-8-,11-9-,16-14-,17-15-,21-20-,24-23-,27-26-,44-42-. The number of carboxylic acids is 1. The number of rotatable bonds is 53. The molecule has 1 N–H and O–H groups in total. The zero-order valence-electron chi connectivity index (χ0n) is 47.5. The number of esters is 2. The minimum absolute atomic E-state index is 0.180. The Morgan fingerprint density at radius 1 is 0.411 bits per heavy atom. The van der Waals surface area contributed by atoms with Crippen LogP contribution in [0, 0.1) is 0 Å². The summed E-state index contributed by atoms with van der Waals surface area (Å²) in [5.41, 5.74) is 0. The molecule has 0 aromatic rings. The Morgan fingerprint density at radius 2 is 0.740 bits per heavy atom. The van der Waals surface area contributed by atoms with Crippen LogP contribution in [0.25, 0.3) is 0 Å². The average Bonchev–Trinajstić information content (AvgIpc) is 3.36. The minimum Gasteiger partial charge on any atom is -0.477 e. The van der Waals surface area contributed by atoms with Gasteiger partial charge in [-0.1, -0.05) is 227 Å². The Kier molecular flexibility index (Phi) is 51.6. The van der Waals surface area contributed by atoms with Crippen LogP contribution in [0.3, 0.4) is 0 Å². The summed E-state index contributed by atoms with van der Waals surface area (Å²) in [7, 11) is 5.95. The van der Waals surface area contributed by atoms with Crippen LogP contribution >= 0.6 is 0 Å². The van der Waals surface area contributed by atoms with Crippen molar-refractivity contribution < 1.29 is 42.9 Å². The maximum Gasteiger partial charge on any atom is 0.361 e. The molecule has 73 heavy (non-hydrogen) atoms. The van der Waals surface area contributed by atoms with Crippen LogP contribution < -0.4 is 0 Å². The minimum atomic E-state index is -1.52. The lowest BCUT2D eigenvalue weighted by Gasteiger charge is -2.25. The van der Waals surface area contributed by atoms with Gasteiger partial charge in [-0.15, -0.1) is 0 Å². The molecule has 0 aromatic heterocycles. The molecule has 0 saturated carbocycles. The van der Waals surface area contributed by atoms with E-state index in [9.17, 15) is 19.5 Å². The number of carbonyl (C=O) groups is 3. The van der Waals surface area contributed by atoms with Crippen molar-refractivity contribution in [2.45, 2.75) is 245 Å². The molecule has 0 saturated heterocycles. The normalized spacial score (nSPS) is 13.5. The fraction of sp³-hybridized carbons (Fsp3) is 0.703. The van der Waals surface area contributed by atoms with Crippen LogP contribution in [0.2, 0.25) is 0 Å². The summed E-state index contributed by atoms with van der Waals surface area (Å²) >= 11 is 0. The highest BCUT2D eigenvalue weighted by atomic mass is 16.7. The van der Waals surface area contributed by atoms with Gasteiger partial charge in [0.2, 0.25) is 0 Å². The summed E-state index contributed by atoms with van der Waals surface area (Å²) in [6, 6.07) is 0. The number of carbonyl (C=O) groups excluding carboxylic acids is 2. The van der Waals surface area contributed by atoms with Crippen molar-refractivity contribution in [3.63, 3.8) is 0 Å². The number of nitrogens with zero attached hydrogens (tertiary/aromatic N) is 1. The van der Waals surface area contributed by atoms with E-state index in [1.54, 1.807) is 0 Å². The van der Waals surface area contributed by atoms with E-state index in [2.05, 4.69) is 111 Å². The number of allylic oxidation sites excluding steroid dienone is 16. The smallest absolute Gasteiger partial charge is 0.361 e. The topological polar surface area (TPSA) is 108 Å². The van der Waals surface area contributed by atoms with E-state index in [0.29, 0.717) is 23.9 Å². The van der Waals surface area contributed by atoms with Crippen molar-refractivity contribution in [3.05, 3.63) is 97.2 Å². The van der Waals surface area contributed by atoms with Crippen LogP contribution in [0.15, 0.2) is 97.2 Å². The van der Waals surface area contributed by atoms with Gasteiger partial charge < -0.3 is 28.5 Å². The predicted molar refractivity (Wildman–Crippen MR) is 309 cm³/mol. The lowest BCUT2D eigenvalue weighted by atomic mass is 10.0. The van der Waals surface area contributed by atoms with Crippen molar-refractivity contribution in [2.24, 2.45) is 0 Å². The van der Waals surface area contributed by atoms with E-state index in [1.165, 1.54) is 109 Å². The molecule has 0 heterocycles. The molecule has 0 aliphatic rings. The molecule has 9 heteroatoms. The molecule has 0 rings (SSSR count). The van der Waals surface area contributed by atoms with Gasteiger partial charge in [-0.25, -0.2) is 4.79 Å². The molecule has 2 unspecified atom stereocenters. The van der Waals surface area contributed by atoms with Gasteiger partial charge in [-0.05, 0) is 89.9 Å². The molecule has 0 spiro atoms. The third-order valence-electron chi connectivity index (χ3n) is 12.3. The van der Waals surface area contributed by atoms with Gasteiger partial charge in [-0.2, -0.15) is 0 Å². The van der Waals surface area contributed by atoms with E-state index in [4.69, 9.17) is 18.9 Å². The van der Waals surface area contributed by atoms with Crippen LogP contribution in [0.1, 0.15) is 232 Å². The number of quaternary nitrogens is 1. The van der Waals surface area contributed by atoms with Crippen molar-refractivity contribution >= 4 is 17.9 Å². The van der Waals surface area contributed by atoms with E-state index >= 15 is 0 Å². The molecule has 0 aromatic carbocycles. The van der Waals surface area contributed by atoms with E-state index < -0.39 is 24.3 Å². The lowest BCUT2D eigenvalue weighted by molar-refractivity contribution is -0.870. The molecule has 0 amide bonds. The fourth-order valence-electron chi connectivity index (χ4n) is 7.88. The van der Waals surface area contributed by atoms with Crippen LogP contribution in [0.5, 0.6) is 0 Å². The molecule has 418 valence electrons. The first-order valence-electron chi connectivity index (χ1n) is 29.4. The first-order valence-corrected chi connectivity index (χ1v) is 29.4. The van der Waals surface area contributed by atoms with Gasteiger partial charge in [0.25, 0.3) is 6.29 Å². The van der Waals surface area contributed by atoms with Crippen LogP contribution in [0.4, 0.5) is 0 Å². The van der Waals surface area contributed by atoms with Gasteiger partial charge in [0.05, 0.1) is 34.4 Å². The third kappa shape index (κ3) is 55.8. The number of aliphatic carboxylic acids is 1. The Bertz CT molecular complexity index is 1520. The summed E-state index contributed by atoms with van der Waals surface area (Å²) in [5.74, 6) is -2.05. The maximum absolute atomic E-state index is 12.9. The summed E-state index contributed by atoms with van der Waals surface area (Å²) in [6.45, 7) is 4.61. The molecule has 0 fully saturated rings. The van der Waals surface area contributed by atoms with Crippen molar-refractivity contribution in [1.82, 2.24) is 0 Å². The number of ether oxygens (including phenoxy) is 4. The van der Waals surface area contributed by atoms with Gasteiger partial charge in [0.15, 0.2) is 6.10 Å². The molecule has 0 aliphatic carbocycles. The second-order valence-electron chi connectivity index (χ2n) is 20.5. The quantitative estimate of drug-likeness (QED) is 0.0211. The zero-order valence-corrected chi connectivity index (χ0v) is 47.5. The third-order valence-corrected chi connectivity index (χ3v) is 12.3. The summed E-state index contributed by atoms with van der Waals surface area (Å²) in [6.07, 6.45) is 70.9. The summed E-state index contributed by atoms with van der Waals surface area (Å²) in [4.78, 5) is 37.3. The molecule has 9 nitrogen and oxygen atoms in total. The van der Waals surface area contributed by atoms with Gasteiger partial charge in [0, 0.05) is 12.8 Å². The Labute approximate surface area is 448 Å². The largest absolute Gasteiger partial charge is 0.477 e. The first kappa shape index (κ1) is 69.2. The van der Waals surface area contributed by atoms with Gasteiger partial charge >= 0.3 is 17.9 Å². The first-order chi connectivity index (χ1) is 35.6. The predicted octanol–water partition coefficient (Wildman–Crippen LogP) is 17.3. The highest BCUT2D eigenvalue weighted by Crippen LogP contribution is 2.16. The van der Waals surface area contributed by atoms with Crippen molar-refractivity contribution in [1.29, 1.82) is 0 Å². The molecular formula is C64H110NO8+. The van der Waals surface area contributed by atoms with Crippen LogP contribution in [-0.2, 0) is 33.3 Å². The van der Waals surface area contributed by atoms with Crippen molar-refractivity contribution in [2.75, 3.05) is 47.5 Å². The Balaban J connectivity index is 4.07. The molecule has 0 aliphatic heterocycles. The highest BCUT2D eigenvalue weighted by Gasteiger charge is 2.25. The van der Waals surface area contributed by atoms with E-state index in [1.807, 2.05) is 21.1 Å². The van der Waals surface area contributed by atoms with Gasteiger partial charge in [-0.3, -0.25) is 9.59 Å². The van der Waals surface area contributed by atoms with Crippen LogP contribution in [-0.4, -0.2) is 87.4 Å². The second kappa shape index (κ2) is 54.5. The molecule has 0 radical (unpaired) electrons. The number of hydrogen-bond acceptors (Lipinski definition) is 7. The summed E-state index contributed by atoms with van der Waals surface area (Å²) < 4.78 is 22.8. The zero-order chi connectivity index (χ0) is 53.4. The fourth-order valence-corrected chi connectivity index (χ4v) is 7.88. The molecule has 0 bridgehead atoms. The lowest BCUT2D eigenvalue weighted by Crippen LogP contribution is -2.40. The number of unbranched alkanes of at least 4 members (excludes halogenated alkanes) is 22. The number of hydrogen-bond donors (Lipinski definition) is 1. The number of carboxylic acid groups (broad SMARTS) is 1. The Hall–Kier alpha value is -3.79. The van der Waals surface area contributed by atoms with Crippen molar-refractivity contribution in [3.8, 4) is 0 Å². The second-order valence-corrected chi connectivity index (χ2v) is 20.5. The Morgan fingerprint density at radius 3 is 1.11 bits per heavy atom. The molecular weight excluding hydrogens is 911 g/mol. The SMILES string of the molecule is CC/C=C\C/C=C\C/C=C\C/C=C\C/C=C\CCCCCCCCCCCCCCCCCCCCCC(=O)OC(COC(=O)CCCCC/C=C\C/C=C\C/C=C\CC)COC(OCC[N+](C)(C)C)C(=O)O. The van der Waals surface area contributed by atoms with E-state index in [-0.39, 0.29) is 38.6 Å². The summed E-state index contributed by atoms with van der Waals surface area (Å²) in [5, 5.41) is 9.68. The molecule has 2 atom stereocenters.